The van der Waals surface area contributed by atoms with Gasteiger partial charge in [-0.25, -0.2) is 0 Å². The number of carbonyl (C=O) groups is 1. The monoisotopic (exact) mass is 413 g/mol. The van der Waals surface area contributed by atoms with E-state index in [1.54, 1.807) is 21.3 Å². The van der Waals surface area contributed by atoms with E-state index in [4.69, 9.17) is 18.9 Å². The van der Waals surface area contributed by atoms with Crippen molar-refractivity contribution in [2.45, 2.75) is 51.7 Å². The van der Waals surface area contributed by atoms with Crippen LogP contribution in [0.3, 0.4) is 0 Å². The largest absolute Gasteiger partial charge is 0.493 e. The third-order valence-corrected chi connectivity index (χ3v) is 5.45. The smallest absolute Gasteiger partial charge is 0.261 e. The summed E-state index contributed by atoms with van der Waals surface area (Å²) in [5.74, 6) is 2.24. The number of nitrogens with one attached hydrogen (secondary N) is 1. The Hall–Kier alpha value is -2.89. The molecule has 1 aliphatic rings. The van der Waals surface area contributed by atoms with Gasteiger partial charge in [0.15, 0.2) is 17.6 Å². The number of amides is 1. The summed E-state index contributed by atoms with van der Waals surface area (Å²) >= 11 is 0. The lowest BCUT2D eigenvalue weighted by Gasteiger charge is -2.21. The molecule has 162 valence electrons. The van der Waals surface area contributed by atoms with Crippen LogP contribution in [0.25, 0.3) is 0 Å². The SMILES string of the molecule is CC[C@@H](Oc1ccc2c(c1)CCCC2)C(=O)NCc1cc(OC)c(OC)c(OC)c1. The van der Waals surface area contributed by atoms with Crippen LogP contribution in [0.1, 0.15) is 42.9 Å². The predicted molar refractivity (Wildman–Crippen MR) is 116 cm³/mol. The summed E-state index contributed by atoms with van der Waals surface area (Å²) in [6, 6.07) is 9.84. The molecule has 0 heterocycles. The highest BCUT2D eigenvalue weighted by atomic mass is 16.5. The molecule has 0 saturated heterocycles. The van der Waals surface area contributed by atoms with Gasteiger partial charge >= 0.3 is 0 Å². The number of fused-ring (bicyclic) bond motifs is 1. The molecule has 0 saturated carbocycles. The molecular formula is C24H31NO5. The quantitative estimate of drug-likeness (QED) is 0.671. The Morgan fingerprint density at radius 2 is 1.63 bits per heavy atom. The van der Waals surface area contributed by atoms with Gasteiger partial charge in [-0.05, 0) is 73.1 Å². The average Bonchev–Trinajstić information content (AvgIpc) is 2.79. The Balaban J connectivity index is 1.66. The average molecular weight is 414 g/mol. The standard InChI is InChI=1S/C24H31NO5/c1-5-20(30-19-11-10-17-8-6-7-9-18(17)14-19)24(26)25-15-16-12-21(27-2)23(29-4)22(13-16)28-3/h10-14,20H,5-9,15H2,1-4H3,(H,25,26)/t20-/m1/s1. The van der Waals surface area contributed by atoms with Gasteiger partial charge in [-0.1, -0.05) is 13.0 Å². The molecule has 0 radical (unpaired) electrons. The summed E-state index contributed by atoms with van der Waals surface area (Å²) in [5.41, 5.74) is 3.58. The lowest BCUT2D eigenvalue weighted by Crippen LogP contribution is -2.37. The molecule has 1 aliphatic carbocycles. The van der Waals surface area contributed by atoms with Gasteiger partial charge in [0.05, 0.1) is 21.3 Å². The molecule has 6 heteroatoms. The minimum atomic E-state index is -0.548. The number of ether oxygens (including phenoxy) is 4. The summed E-state index contributed by atoms with van der Waals surface area (Å²) in [5, 5.41) is 2.96. The van der Waals surface area contributed by atoms with Crippen molar-refractivity contribution >= 4 is 5.91 Å². The maximum Gasteiger partial charge on any atom is 0.261 e. The van der Waals surface area contributed by atoms with Crippen LogP contribution >= 0.6 is 0 Å². The molecule has 0 unspecified atom stereocenters. The van der Waals surface area contributed by atoms with E-state index in [0.29, 0.717) is 30.2 Å². The molecule has 1 atom stereocenters. The topological polar surface area (TPSA) is 66.0 Å². The fourth-order valence-electron chi connectivity index (χ4n) is 3.81. The lowest BCUT2D eigenvalue weighted by atomic mass is 9.92. The highest BCUT2D eigenvalue weighted by Crippen LogP contribution is 2.38. The number of hydrogen-bond acceptors (Lipinski definition) is 5. The summed E-state index contributed by atoms with van der Waals surface area (Å²) in [4.78, 5) is 12.7. The minimum Gasteiger partial charge on any atom is -0.493 e. The molecule has 6 nitrogen and oxygen atoms in total. The van der Waals surface area contributed by atoms with E-state index in [1.807, 2.05) is 25.1 Å². The van der Waals surface area contributed by atoms with Gasteiger partial charge in [-0.15, -0.1) is 0 Å². The zero-order valence-corrected chi connectivity index (χ0v) is 18.2. The first-order valence-electron chi connectivity index (χ1n) is 10.4. The van der Waals surface area contributed by atoms with Crippen molar-refractivity contribution in [3.63, 3.8) is 0 Å². The van der Waals surface area contributed by atoms with Crippen molar-refractivity contribution in [2.24, 2.45) is 0 Å². The van der Waals surface area contributed by atoms with Crippen LogP contribution in [0.5, 0.6) is 23.0 Å². The Morgan fingerprint density at radius 1 is 0.967 bits per heavy atom. The normalized spacial score (nSPS) is 13.7. The van der Waals surface area contributed by atoms with Crippen LogP contribution in [0, 0.1) is 0 Å². The summed E-state index contributed by atoms with van der Waals surface area (Å²) in [6.45, 7) is 2.28. The van der Waals surface area contributed by atoms with Crippen molar-refractivity contribution in [1.82, 2.24) is 5.32 Å². The highest BCUT2D eigenvalue weighted by Gasteiger charge is 2.20. The second-order valence-corrected chi connectivity index (χ2v) is 7.40. The highest BCUT2D eigenvalue weighted by molar-refractivity contribution is 5.81. The Labute approximate surface area is 178 Å². The molecule has 2 aromatic rings. The van der Waals surface area contributed by atoms with Gasteiger partial charge in [-0.3, -0.25) is 4.79 Å². The van der Waals surface area contributed by atoms with Gasteiger partial charge in [0.1, 0.15) is 5.75 Å². The second kappa shape index (κ2) is 10.2. The van der Waals surface area contributed by atoms with E-state index in [9.17, 15) is 4.79 Å². The van der Waals surface area contributed by atoms with Crippen LogP contribution in [0.2, 0.25) is 0 Å². The number of methoxy groups -OCH3 is 3. The van der Waals surface area contributed by atoms with Gasteiger partial charge in [0.2, 0.25) is 5.75 Å². The first-order chi connectivity index (χ1) is 14.6. The summed E-state index contributed by atoms with van der Waals surface area (Å²) in [7, 11) is 4.70. The molecule has 0 aromatic heterocycles. The third-order valence-electron chi connectivity index (χ3n) is 5.45. The van der Waals surface area contributed by atoms with Crippen molar-refractivity contribution in [3.05, 3.63) is 47.0 Å². The zero-order chi connectivity index (χ0) is 21.5. The van der Waals surface area contributed by atoms with E-state index < -0.39 is 6.10 Å². The first kappa shape index (κ1) is 21.8. The molecule has 1 N–H and O–H groups in total. The summed E-state index contributed by atoms with van der Waals surface area (Å²) in [6.07, 6.45) is 4.70. The van der Waals surface area contributed by atoms with E-state index in [2.05, 4.69) is 17.4 Å². The summed E-state index contributed by atoms with van der Waals surface area (Å²) < 4.78 is 22.1. The Morgan fingerprint density at radius 3 is 2.23 bits per heavy atom. The lowest BCUT2D eigenvalue weighted by molar-refractivity contribution is -0.128. The molecular weight excluding hydrogens is 382 g/mol. The number of carbonyl (C=O) groups excluding carboxylic acids is 1. The van der Waals surface area contributed by atoms with Crippen LogP contribution in [-0.2, 0) is 24.2 Å². The van der Waals surface area contributed by atoms with Gasteiger partial charge in [-0.2, -0.15) is 0 Å². The number of rotatable bonds is 9. The van der Waals surface area contributed by atoms with Crippen LogP contribution in [0.15, 0.2) is 30.3 Å². The Kier molecular flexibility index (Phi) is 7.44. The molecule has 0 fully saturated rings. The van der Waals surface area contributed by atoms with Crippen molar-refractivity contribution in [3.8, 4) is 23.0 Å². The van der Waals surface area contributed by atoms with Gasteiger partial charge < -0.3 is 24.3 Å². The van der Waals surface area contributed by atoms with E-state index in [1.165, 1.54) is 24.0 Å². The van der Waals surface area contributed by atoms with Crippen molar-refractivity contribution in [1.29, 1.82) is 0 Å². The van der Waals surface area contributed by atoms with Crippen LogP contribution < -0.4 is 24.3 Å². The molecule has 30 heavy (non-hydrogen) atoms. The van der Waals surface area contributed by atoms with E-state index >= 15 is 0 Å². The number of hydrogen-bond donors (Lipinski definition) is 1. The molecule has 0 bridgehead atoms. The molecule has 2 aromatic carbocycles. The van der Waals surface area contributed by atoms with E-state index in [0.717, 1.165) is 24.2 Å². The van der Waals surface area contributed by atoms with Crippen LogP contribution in [0.4, 0.5) is 0 Å². The van der Waals surface area contributed by atoms with E-state index in [-0.39, 0.29) is 5.91 Å². The predicted octanol–water partition coefficient (Wildman–Crippen LogP) is 4.07. The van der Waals surface area contributed by atoms with Crippen LogP contribution in [-0.4, -0.2) is 33.3 Å². The molecule has 3 rings (SSSR count). The van der Waals surface area contributed by atoms with Crippen molar-refractivity contribution in [2.75, 3.05) is 21.3 Å². The Bertz CT molecular complexity index is 855. The third kappa shape index (κ3) is 4.99. The molecule has 0 spiro atoms. The first-order valence-corrected chi connectivity index (χ1v) is 10.4. The minimum absolute atomic E-state index is 0.149. The second-order valence-electron chi connectivity index (χ2n) is 7.40. The number of aryl methyl sites for hydroxylation is 2. The molecule has 0 aliphatic heterocycles. The van der Waals surface area contributed by atoms with Gasteiger partial charge in [0.25, 0.3) is 5.91 Å². The maximum absolute atomic E-state index is 12.7. The van der Waals surface area contributed by atoms with Crippen molar-refractivity contribution < 1.29 is 23.7 Å². The number of benzene rings is 2. The zero-order valence-electron chi connectivity index (χ0n) is 18.2. The van der Waals surface area contributed by atoms with Gasteiger partial charge in [0, 0.05) is 6.54 Å². The fraction of sp³-hybridized carbons (Fsp3) is 0.458. The molecule has 1 amide bonds. The fourth-order valence-corrected chi connectivity index (χ4v) is 3.81. The maximum atomic E-state index is 12.7.